The summed E-state index contributed by atoms with van der Waals surface area (Å²) in [5.74, 6) is -1.02. The Bertz CT molecular complexity index is 802. The minimum Gasteiger partial charge on any atom is -0.480 e. The first-order chi connectivity index (χ1) is 12.9. The maximum atomic E-state index is 12.8. The highest BCUT2D eigenvalue weighted by Gasteiger charge is 2.27. The molecule has 1 aliphatic heterocycles. The van der Waals surface area contributed by atoms with Crippen molar-refractivity contribution >= 4 is 11.9 Å². The smallest absolute Gasteiger partial charge is 0.317 e. The summed E-state index contributed by atoms with van der Waals surface area (Å²) in [4.78, 5) is 27.0. The monoisotopic (exact) mass is 372 g/mol. The molecule has 1 aromatic heterocycles. The first-order valence-corrected chi connectivity index (χ1v) is 8.86. The van der Waals surface area contributed by atoms with Crippen LogP contribution in [0.25, 0.3) is 11.3 Å². The van der Waals surface area contributed by atoms with Gasteiger partial charge >= 0.3 is 5.97 Å². The highest BCUT2D eigenvalue weighted by molar-refractivity contribution is 5.93. The van der Waals surface area contributed by atoms with Gasteiger partial charge in [0.2, 0.25) is 0 Å². The lowest BCUT2D eigenvalue weighted by Gasteiger charge is -2.34. The van der Waals surface area contributed by atoms with Crippen molar-refractivity contribution < 1.29 is 19.4 Å². The second kappa shape index (κ2) is 8.32. The van der Waals surface area contributed by atoms with Gasteiger partial charge in [0.15, 0.2) is 0 Å². The maximum Gasteiger partial charge on any atom is 0.317 e. The Balaban J connectivity index is 1.63. The van der Waals surface area contributed by atoms with Crippen LogP contribution in [0, 0.1) is 6.92 Å². The van der Waals surface area contributed by atoms with Crippen molar-refractivity contribution in [3.8, 4) is 11.3 Å². The molecule has 1 aromatic carbocycles. The maximum absolute atomic E-state index is 12.8. The van der Waals surface area contributed by atoms with Gasteiger partial charge in [-0.2, -0.15) is 5.10 Å². The normalized spacial score (nSPS) is 17.3. The van der Waals surface area contributed by atoms with E-state index in [1.807, 2.05) is 31.2 Å². The largest absolute Gasteiger partial charge is 0.480 e. The number of carboxylic acids is 1. The van der Waals surface area contributed by atoms with Gasteiger partial charge in [-0.15, -0.1) is 0 Å². The number of carbonyl (C=O) groups excluding carboxylic acids is 1. The van der Waals surface area contributed by atoms with E-state index in [4.69, 9.17) is 9.84 Å². The molecule has 144 valence electrons. The lowest BCUT2D eigenvalue weighted by molar-refractivity contribution is -0.138. The first kappa shape index (κ1) is 19.1. The Hall–Kier alpha value is -2.71. The van der Waals surface area contributed by atoms with Gasteiger partial charge in [-0.1, -0.05) is 29.8 Å². The number of carboxylic acid groups (broad SMARTS) is 1. The molecule has 1 saturated heterocycles. The SMILES string of the molecule is Cc1ccc(-c2cc(C(=O)N3CCOC(CN(C)CC(=O)O)C3)[nH]n2)cc1. The third-order valence-electron chi connectivity index (χ3n) is 4.50. The molecule has 0 spiro atoms. The lowest BCUT2D eigenvalue weighted by atomic mass is 10.1. The minimum absolute atomic E-state index is 0.0612. The summed E-state index contributed by atoms with van der Waals surface area (Å²) < 4.78 is 5.68. The molecular weight excluding hydrogens is 348 g/mol. The van der Waals surface area contributed by atoms with E-state index in [-0.39, 0.29) is 18.6 Å². The number of ether oxygens (including phenoxy) is 1. The van der Waals surface area contributed by atoms with Crippen molar-refractivity contribution in [2.45, 2.75) is 13.0 Å². The van der Waals surface area contributed by atoms with Gasteiger partial charge in [-0.25, -0.2) is 0 Å². The zero-order valence-corrected chi connectivity index (χ0v) is 15.5. The number of rotatable bonds is 6. The molecule has 8 heteroatoms. The van der Waals surface area contributed by atoms with Crippen molar-refractivity contribution in [1.29, 1.82) is 0 Å². The number of benzene rings is 1. The fraction of sp³-hybridized carbons (Fsp3) is 0.421. The molecule has 0 aliphatic carbocycles. The number of carbonyl (C=O) groups is 2. The highest BCUT2D eigenvalue weighted by Crippen LogP contribution is 2.19. The van der Waals surface area contributed by atoms with Crippen molar-refractivity contribution in [3.05, 3.63) is 41.6 Å². The van der Waals surface area contributed by atoms with E-state index in [0.29, 0.717) is 31.9 Å². The summed E-state index contributed by atoms with van der Waals surface area (Å²) in [7, 11) is 1.72. The van der Waals surface area contributed by atoms with E-state index in [1.54, 1.807) is 22.9 Å². The van der Waals surface area contributed by atoms with Crippen LogP contribution in [0.4, 0.5) is 0 Å². The van der Waals surface area contributed by atoms with Crippen LogP contribution in [-0.2, 0) is 9.53 Å². The molecule has 0 radical (unpaired) electrons. The summed E-state index contributed by atoms with van der Waals surface area (Å²) in [6.45, 7) is 3.75. The number of nitrogens with one attached hydrogen (secondary N) is 1. The second-order valence-electron chi connectivity index (χ2n) is 6.87. The predicted molar refractivity (Wildman–Crippen MR) is 99.5 cm³/mol. The molecule has 2 N–H and O–H groups in total. The van der Waals surface area contributed by atoms with E-state index >= 15 is 0 Å². The Morgan fingerprint density at radius 1 is 1.37 bits per heavy atom. The van der Waals surface area contributed by atoms with E-state index in [1.165, 1.54) is 0 Å². The summed E-state index contributed by atoms with van der Waals surface area (Å²) in [6.07, 6.45) is -0.216. The number of amides is 1. The third kappa shape index (κ3) is 4.93. The molecular formula is C19H24N4O4. The lowest BCUT2D eigenvalue weighted by Crippen LogP contribution is -2.49. The number of aryl methyl sites for hydroxylation is 1. The number of morpholine rings is 1. The molecule has 1 amide bonds. The van der Waals surface area contributed by atoms with Gasteiger partial charge in [-0.05, 0) is 20.0 Å². The van der Waals surface area contributed by atoms with E-state index in [2.05, 4.69) is 10.2 Å². The van der Waals surface area contributed by atoms with Crippen molar-refractivity contribution in [2.24, 2.45) is 0 Å². The summed E-state index contributed by atoms with van der Waals surface area (Å²) in [5, 5.41) is 15.9. The topological polar surface area (TPSA) is 98.8 Å². The van der Waals surface area contributed by atoms with Crippen LogP contribution in [0.5, 0.6) is 0 Å². The van der Waals surface area contributed by atoms with Crippen LogP contribution < -0.4 is 0 Å². The number of likely N-dealkylation sites (N-methyl/N-ethyl adjacent to an activating group) is 1. The van der Waals surface area contributed by atoms with Crippen molar-refractivity contribution in [2.75, 3.05) is 39.8 Å². The van der Waals surface area contributed by atoms with Gasteiger partial charge in [-0.3, -0.25) is 19.6 Å². The molecule has 2 aromatic rings. The van der Waals surface area contributed by atoms with Crippen LogP contribution in [-0.4, -0.2) is 82.9 Å². The predicted octanol–water partition coefficient (Wildman–Crippen LogP) is 1.24. The van der Waals surface area contributed by atoms with E-state index in [9.17, 15) is 9.59 Å². The van der Waals surface area contributed by atoms with Crippen molar-refractivity contribution in [3.63, 3.8) is 0 Å². The molecule has 2 heterocycles. The standard InChI is InChI=1S/C19H24N4O4/c1-13-3-5-14(6-4-13)16-9-17(21-20-16)19(26)23-7-8-27-15(11-23)10-22(2)12-18(24)25/h3-6,9,15H,7-8,10-12H2,1-2H3,(H,20,21)(H,24,25). The minimum atomic E-state index is -0.887. The van der Waals surface area contributed by atoms with E-state index in [0.717, 1.165) is 16.8 Å². The van der Waals surface area contributed by atoms with Crippen LogP contribution in [0.15, 0.2) is 30.3 Å². The zero-order valence-electron chi connectivity index (χ0n) is 15.5. The Morgan fingerprint density at radius 2 is 2.11 bits per heavy atom. The number of hydrogen-bond acceptors (Lipinski definition) is 5. The fourth-order valence-corrected chi connectivity index (χ4v) is 3.13. The molecule has 27 heavy (non-hydrogen) atoms. The third-order valence-corrected chi connectivity index (χ3v) is 4.50. The zero-order chi connectivity index (χ0) is 19.4. The van der Waals surface area contributed by atoms with Crippen LogP contribution >= 0.6 is 0 Å². The quantitative estimate of drug-likeness (QED) is 0.792. The van der Waals surface area contributed by atoms with Crippen LogP contribution in [0.1, 0.15) is 16.1 Å². The number of aromatic nitrogens is 2. The van der Waals surface area contributed by atoms with Gasteiger partial charge in [0, 0.05) is 25.2 Å². The average molecular weight is 372 g/mol. The summed E-state index contributed by atoms with van der Waals surface area (Å²) in [6, 6.07) is 9.72. The molecule has 0 saturated carbocycles. The molecule has 1 unspecified atom stereocenters. The van der Waals surface area contributed by atoms with Gasteiger partial charge in [0.25, 0.3) is 5.91 Å². The summed E-state index contributed by atoms with van der Waals surface area (Å²) >= 11 is 0. The fourth-order valence-electron chi connectivity index (χ4n) is 3.13. The average Bonchev–Trinajstić information content (AvgIpc) is 3.11. The Kier molecular flexibility index (Phi) is 5.88. The van der Waals surface area contributed by atoms with Gasteiger partial charge in [0.1, 0.15) is 5.69 Å². The molecule has 0 bridgehead atoms. The van der Waals surface area contributed by atoms with E-state index < -0.39 is 5.97 Å². The number of aromatic amines is 1. The molecule has 1 aliphatic rings. The Labute approximate surface area is 157 Å². The molecule has 3 rings (SSSR count). The second-order valence-corrected chi connectivity index (χ2v) is 6.87. The number of aliphatic carboxylic acids is 1. The van der Waals surface area contributed by atoms with Gasteiger partial charge in [0.05, 0.1) is 24.9 Å². The van der Waals surface area contributed by atoms with Crippen LogP contribution in [0.3, 0.4) is 0 Å². The highest BCUT2D eigenvalue weighted by atomic mass is 16.5. The number of H-pyrrole nitrogens is 1. The summed E-state index contributed by atoms with van der Waals surface area (Å²) in [5.41, 5.74) is 3.28. The van der Waals surface area contributed by atoms with Gasteiger partial charge < -0.3 is 14.7 Å². The number of nitrogens with zero attached hydrogens (tertiary/aromatic N) is 3. The molecule has 1 fully saturated rings. The molecule has 8 nitrogen and oxygen atoms in total. The molecule has 1 atom stereocenters. The van der Waals surface area contributed by atoms with Crippen LogP contribution in [0.2, 0.25) is 0 Å². The Morgan fingerprint density at radius 3 is 2.81 bits per heavy atom. The van der Waals surface area contributed by atoms with Crippen molar-refractivity contribution in [1.82, 2.24) is 20.0 Å². The first-order valence-electron chi connectivity index (χ1n) is 8.86. The number of hydrogen-bond donors (Lipinski definition) is 2.